The van der Waals surface area contributed by atoms with Crippen molar-refractivity contribution in [1.29, 1.82) is 0 Å². The maximum absolute atomic E-state index is 10.5. The number of rotatable bonds is 4. The zero-order valence-electron chi connectivity index (χ0n) is 6.26. The van der Waals surface area contributed by atoms with E-state index in [9.17, 15) is 4.79 Å². The van der Waals surface area contributed by atoms with Crippen LogP contribution in [0, 0.1) is 12.3 Å². The predicted octanol–water partition coefficient (Wildman–Crippen LogP) is 0.706. The molecule has 0 fully saturated rings. The number of carbonyl (C=O) groups excluding carboxylic acids is 1. The van der Waals surface area contributed by atoms with Gasteiger partial charge in [-0.1, -0.05) is 6.92 Å². The Balaban J connectivity index is 3.37. The second-order valence-corrected chi connectivity index (χ2v) is 2.27. The molecule has 0 amide bonds. The Bertz CT molecular complexity index is 146. The zero-order chi connectivity index (χ0) is 7.98. The van der Waals surface area contributed by atoms with E-state index in [-0.39, 0.29) is 11.8 Å². The Morgan fingerprint density at radius 1 is 1.80 bits per heavy atom. The fourth-order valence-corrected chi connectivity index (χ4v) is 0.593. The van der Waals surface area contributed by atoms with Gasteiger partial charge < -0.3 is 5.73 Å². The molecule has 0 aliphatic carbocycles. The minimum Gasteiger partial charge on any atom is -0.328 e. The third-order valence-corrected chi connectivity index (χ3v) is 1.43. The van der Waals surface area contributed by atoms with Gasteiger partial charge in [0.15, 0.2) is 0 Å². The Kier molecular flexibility index (Phi) is 4.61. The van der Waals surface area contributed by atoms with Crippen LogP contribution in [0.2, 0.25) is 0 Å². The summed E-state index contributed by atoms with van der Waals surface area (Å²) in [4.78, 5) is 10.5. The standard InChI is InChI=1S/C8H13NO/c1-3-7(9)5-6-8(10)4-2/h2,7H,3,5-6,9H2,1H3. The molecule has 1 unspecified atom stereocenters. The molecule has 0 radical (unpaired) electrons. The second kappa shape index (κ2) is 5.01. The highest BCUT2D eigenvalue weighted by Gasteiger charge is 2.01. The molecule has 0 aliphatic rings. The highest BCUT2D eigenvalue weighted by atomic mass is 16.1. The number of terminal acetylenes is 1. The summed E-state index contributed by atoms with van der Waals surface area (Å²) in [7, 11) is 0. The molecule has 0 aliphatic heterocycles. The summed E-state index contributed by atoms with van der Waals surface area (Å²) in [5.74, 6) is 1.90. The van der Waals surface area contributed by atoms with Crippen LogP contribution >= 0.6 is 0 Å². The Morgan fingerprint density at radius 2 is 2.40 bits per heavy atom. The van der Waals surface area contributed by atoms with Gasteiger partial charge in [-0.05, 0) is 18.8 Å². The van der Waals surface area contributed by atoms with Crippen molar-refractivity contribution < 1.29 is 4.79 Å². The summed E-state index contributed by atoms with van der Waals surface area (Å²) in [5, 5.41) is 0. The highest BCUT2D eigenvalue weighted by Crippen LogP contribution is 1.97. The van der Waals surface area contributed by atoms with E-state index in [1.54, 1.807) is 0 Å². The molecule has 0 saturated carbocycles. The number of hydrogen-bond acceptors (Lipinski definition) is 2. The maximum atomic E-state index is 10.5. The minimum absolute atomic E-state index is 0.122. The molecule has 1 atom stereocenters. The van der Waals surface area contributed by atoms with Gasteiger partial charge in [-0.25, -0.2) is 0 Å². The van der Waals surface area contributed by atoms with Crippen LogP contribution in [0.1, 0.15) is 26.2 Å². The lowest BCUT2D eigenvalue weighted by atomic mass is 10.1. The van der Waals surface area contributed by atoms with E-state index in [1.807, 2.05) is 12.8 Å². The Labute approximate surface area is 61.8 Å². The second-order valence-electron chi connectivity index (χ2n) is 2.27. The van der Waals surface area contributed by atoms with Gasteiger partial charge in [0.2, 0.25) is 5.78 Å². The van der Waals surface area contributed by atoms with Crippen molar-refractivity contribution in [1.82, 2.24) is 0 Å². The lowest BCUT2D eigenvalue weighted by Crippen LogP contribution is -2.19. The van der Waals surface area contributed by atoms with Crippen LogP contribution in [-0.4, -0.2) is 11.8 Å². The Morgan fingerprint density at radius 3 is 2.80 bits per heavy atom. The van der Waals surface area contributed by atoms with E-state index in [2.05, 4.69) is 0 Å². The first-order valence-corrected chi connectivity index (χ1v) is 3.45. The SMILES string of the molecule is C#CC(=O)CCC(N)CC. The molecule has 10 heavy (non-hydrogen) atoms. The fourth-order valence-electron chi connectivity index (χ4n) is 0.593. The van der Waals surface area contributed by atoms with Gasteiger partial charge in [-0.3, -0.25) is 4.79 Å². The van der Waals surface area contributed by atoms with Gasteiger partial charge in [0.1, 0.15) is 0 Å². The third kappa shape index (κ3) is 4.11. The minimum atomic E-state index is -0.149. The number of Topliss-reactive ketones (excluding diaryl/α,β-unsaturated/α-hetero) is 1. The molecule has 2 N–H and O–H groups in total. The third-order valence-electron chi connectivity index (χ3n) is 1.43. The van der Waals surface area contributed by atoms with Crippen molar-refractivity contribution >= 4 is 5.78 Å². The van der Waals surface area contributed by atoms with Crippen molar-refractivity contribution in [2.45, 2.75) is 32.2 Å². The molecule has 0 heterocycles. The molecule has 0 aromatic rings. The van der Waals surface area contributed by atoms with Gasteiger partial charge in [0, 0.05) is 12.5 Å². The first kappa shape index (κ1) is 9.19. The number of carbonyl (C=O) groups is 1. The summed E-state index contributed by atoms with van der Waals surface area (Å²) in [5.41, 5.74) is 5.56. The van der Waals surface area contributed by atoms with Crippen LogP contribution in [-0.2, 0) is 4.79 Å². The summed E-state index contributed by atoms with van der Waals surface area (Å²) < 4.78 is 0. The number of hydrogen-bond donors (Lipinski definition) is 1. The molecule has 0 bridgehead atoms. The monoisotopic (exact) mass is 139 g/mol. The van der Waals surface area contributed by atoms with Crippen LogP contribution in [0.25, 0.3) is 0 Å². The van der Waals surface area contributed by atoms with Gasteiger partial charge in [0.25, 0.3) is 0 Å². The van der Waals surface area contributed by atoms with Gasteiger partial charge in [-0.15, -0.1) is 6.42 Å². The van der Waals surface area contributed by atoms with Gasteiger partial charge in [0.05, 0.1) is 0 Å². The average Bonchev–Trinajstić information content (AvgIpc) is 1.99. The van der Waals surface area contributed by atoms with Crippen LogP contribution in [0.4, 0.5) is 0 Å². The normalized spacial score (nSPS) is 12.1. The highest BCUT2D eigenvalue weighted by molar-refractivity contribution is 5.94. The molecular weight excluding hydrogens is 126 g/mol. The largest absolute Gasteiger partial charge is 0.328 e. The number of ketones is 1. The van der Waals surface area contributed by atoms with Crippen LogP contribution in [0.3, 0.4) is 0 Å². The number of nitrogens with two attached hydrogens (primary N) is 1. The summed E-state index contributed by atoms with van der Waals surface area (Å²) >= 11 is 0. The lowest BCUT2D eigenvalue weighted by Gasteiger charge is -2.04. The molecule has 56 valence electrons. The van der Waals surface area contributed by atoms with Gasteiger partial charge in [-0.2, -0.15) is 0 Å². The van der Waals surface area contributed by atoms with Crippen molar-refractivity contribution in [2.24, 2.45) is 5.73 Å². The van der Waals surface area contributed by atoms with E-state index in [0.29, 0.717) is 12.8 Å². The van der Waals surface area contributed by atoms with Crippen molar-refractivity contribution in [3.63, 3.8) is 0 Å². The van der Waals surface area contributed by atoms with Crippen LogP contribution in [0.15, 0.2) is 0 Å². The van der Waals surface area contributed by atoms with Crippen LogP contribution in [0.5, 0.6) is 0 Å². The quantitative estimate of drug-likeness (QED) is 0.460. The molecule has 0 rings (SSSR count). The van der Waals surface area contributed by atoms with Crippen molar-refractivity contribution in [3.8, 4) is 12.3 Å². The topological polar surface area (TPSA) is 43.1 Å². The van der Waals surface area contributed by atoms with E-state index in [1.165, 1.54) is 0 Å². The smallest absolute Gasteiger partial charge is 0.205 e. The molecule has 0 saturated heterocycles. The average molecular weight is 139 g/mol. The van der Waals surface area contributed by atoms with E-state index < -0.39 is 0 Å². The van der Waals surface area contributed by atoms with E-state index >= 15 is 0 Å². The Hall–Kier alpha value is -0.810. The molecule has 0 aromatic carbocycles. The van der Waals surface area contributed by atoms with Crippen LogP contribution < -0.4 is 5.73 Å². The van der Waals surface area contributed by atoms with Crippen molar-refractivity contribution in [2.75, 3.05) is 0 Å². The molecule has 0 aromatic heterocycles. The predicted molar refractivity (Wildman–Crippen MR) is 41.3 cm³/mol. The van der Waals surface area contributed by atoms with Crippen molar-refractivity contribution in [3.05, 3.63) is 0 Å². The van der Waals surface area contributed by atoms with E-state index in [0.717, 1.165) is 6.42 Å². The molecule has 2 heteroatoms. The fraction of sp³-hybridized carbons (Fsp3) is 0.625. The van der Waals surface area contributed by atoms with Gasteiger partial charge >= 0.3 is 0 Å². The zero-order valence-corrected chi connectivity index (χ0v) is 6.26. The van der Waals surface area contributed by atoms with E-state index in [4.69, 9.17) is 12.2 Å². The summed E-state index contributed by atoms with van der Waals surface area (Å²) in [6.07, 6.45) is 6.89. The molecule has 2 nitrogen and oxygen atoms in total. The summed E-state index contributed by atoms with van der Waals surface area (Å²) in [6.45, 7) is 1.99. The maximum Gasteiger partial charge on any atom is 0.205 e. The first-order chi connectivity index (χ1) is 4.70. The molecule has 0 spiro atoms. The first-order valence-electron chi connectivity index (χ1n) is 3.45. The lowest BCUT2D eigenvalue weighted by molar-refractivity contribution is -0.113. The molecular formula is C8H13NO. The summed E-state index contributed by atoms with van der Waals surface area (Å²) in [6, 6.07) is 0.122.